The molecule has 0 aliphatic carbocycles. The lowest BCUT2D eigenvalue weighted by Gasteiger charge is -2.11. The highest BCUT2D eigenvalue weighted by atomic mass is 16.4. The average Bonchev–Trinajstić information content (AvgIpc) is 3.21. The Labute approximate surface area is 203 Å². The summed E-state index contributed by atoms with van der Waals surface area (Å²) >= 11 is 0. The summed E-state index contributed by atoms with van der Waals surface area (Å²) in [4.78, 5) is 16.5. The van der Waals surface area contributed by atoms with Crippen molar-refractivity contribution in [3.05, 3.63) is 108 Å². The van der Waals surface area contributed by atoms with Crippen LogP contribution in [-0.4, -0.2) is 25.7 Å². The van der Waals surface area contributed by atoms with Crippen LogP contribution in [0, 0.1) is 0 Å². The van der Waals surface area contributed by atoms with E-state index in [1.54, 1.807) is 24.3 Å². The van der Waals surface area contributed by atoms with Crippen molar-refractivity contribution in [1.29, 1.82) is 0 Å². The van der Waals surface area contributed by atoms with Gasteiger partial charge in [0.1, 0.15) is 11.6 Å². The van der Waals surface area contributed by atoms with E-state index >= 15 is 0 Å². The number of carboxylic acid groups (broad SMARTS) is 1. The van der Waals surface area contributed by atoms with Crippen molar-refractivity contribution in [2.24, 2.45) is 0 Å². The van der Waals surface area contributed by atoms with Crippen molar-refractivity contribution < 1.29 is 15.0 Å². The lowest BCUT2D eigenvalue weighted by Crippen LogP contribution is -2.05. The number of rotatable bonds is 7. The second-order valence-electron chi connectivity index (χ2n) is 8.66. The van der Waals surface area contributed by atoms with Gasteiger partial charge in [-0.1, -0.05) is 67.6 Å². The minimum Gasteiger partial charge on any atom is -0.508 e. The largest absolute Gasteiger partial charge is 0.508 e. The van der Waals surface area contributed by atoms with Gasteiger partial charge in [0, 0.05) is 13.0 Å². The maximum atomic E-state index is 11.6. The molecule has 0 bridgehead atoms. The van der Waals surface area contributed by atoms with Gasteiger partial charge in [0.15, 0.2) is 0 Å². The monoisotopic (exact) mass is 462 g/mol. The number of phenolic OH excluding ortho intramolecular Hbond substituents is 1. The minimum absolute atomic E-state index is 0.250. The number of imidazole rings is 1. The van der Waals surface area contributed by atoms with Gasteiger partial charge in [-0.25, -0.2) is 9.78 Å². The van der Waals surface area contributed by atoms with E-state index in [-0.39, 0.29) is 5.75 Å². The van der Waals surface area contributed by atoms with Gasteiger partial charge < -0.3 is 14.8 Å². The van der Waals surface area contributed by atoms with Crippen LogP contribution in [0.15, 0.2) is 91.0 Å². The molecule has 0 atom stereocenters. The van der Waals surface area contributed by atoms with Crippen LogP contribution in [0.25, 0.3) is 33.3 Å². The van der Waals surface area contributed by atoms with Crippen LogP contribution in [0.3, 0.4) is 0 Å². The summed E-state index contributed by atoms with van der Waals surface area (Å²) in [7, 11) is 0. The van der Waals surface area contributed by atoms with Gasteiger partial charge in [0.25, 0.3) is 0 Å². The van der Waals surface area contributed by atoms with Gasteiger partial charge in [-0.3, -0.25) is 0 Å². The van der Waals surface area contributed by atoms with E-state index in [9.17, 15) is 15.0 Å². The van der Waals surface area contributed by atoms with Crippen molar-refractivity contribution in [3.63, 3.8) is 0 Å². The van der Waals surface area contributed by atoms with E-state index in [0.717, 1.165) is 52.0 Å². The number of aromatic carboxylic acids is 1. The normalized spacial score (nSPS) is 11.1. The Morgan fingerprint density at radius 2 is 1.54 bits per heavy atom. The van der Waals surface area contributed by atoms with Crippen molar-refractivity contribution in [2.45, 2.75) is 26.3 Å². The highest BCUT2D eigenvalue weighted by Gasteiger charge is 2.14. The first-order valence-corrected chi connectivity index (χ1v) is 11.7. The van der Waals surface area contributed by atoms with Crippen molar-refractivity contribution in [2.75, 3.05) is 0 Å². The second-order valence-corrected chi connectivity index (χ2v) is 8.66. The first kappa shape index (κ1) is 22.4. The second kappa shape index (κ2) is 9.47. The highest BCUT2D eigenvalue weighted by Crippen LogP contribution is 2.29. The lowest BCUT2D eigenvalue weighted by atomic mass is 9.98. The van der Waals surface area contributed by atoms with Gasteiger partial charge in [-0.15, -0.1) is 0 Å². The number of hydrogen-bond acceptors (Lipinski definition) is 3. The van der Waals surface area contributed by atoms with Gasteiger partial charge in [0.05, 0.1) is 16.6 Å². The molecule has 5 nitrogen and oxygen atoms in total. The van der Waals surface area contributed by atoms with Crippen LogP contribution in [0.1, 0.15) is 35.1 Å². The third kappa shape index (κ3) is 4.53. The van der Waals surface area contributed by atoms with Gasteiger partial charge in [-0.2, -0.15) is 0 Å². The third-order valence-electron chi connectivity index (χ3n) is 6.26. The van der Waals surface area contributed by atoms with Crippen molar-refractivity contribution in [1.82, 2.24) is 9.55 Å². The predicted molar refractivity (Wildman–Crippen MR) is 139 cm³/mol. The first-order chi connectivity index (χ1) is 17.0. The van der Waals surface area contributed by atoms with Crippen LogP contribution in [0.4, 0.5) is 0 Å². The fraction of sp³-hybridized carbons (Fsp3) is 0.133. The van der Waals surface area contributed by atoms with E-state index in [2.05, 4.69) is 41.8 Å². The molecule has 0 aliphatic rings. The molecule has 1 heterocycles. The molecule has 35 heavy (non-hydrogen) atoms. The molecule has 4 aromatic carbocycles. The molecule has 0 spiro atoms. The summed E-state index contributed by atoms with van der Waals surface area (Å²) < 4.78 is 2.27. The topological polar surface area (TPSA) is 75.4 Å². The molecular weight excluding hydrogens is 436 g/mol. The SMILES string of the molecule is CCCc1nc2ccc(-c3ccc(O)cc3)cc2n1Cc1ccc(-c2ccccc2C(=O)O)cc1. The summed E-state index contributed by atoms with van der Waals surface area (Å²) in [5.74, 6) is 0.369. The molecule has 0 unspecified atom stereocenters. The van der Waals surface area contributed by atoms with E-state index in [1.165, 1.54) is 0 Å². The lowest BCUT2D eigenvalue weighted by molar-refractivity contribution is 0.0697. The number of nitrogens with zero attached hydrogens (tertiary/aromatic N) is 2. The quantitative estimate of drug-likeness (QED) is 0.280. The maximum Gasteiger partial charge on any atom is 0.336 e. The zero-order valence-electron chi connectivity index (χ0n) is 19.5. The predicted octanol–water partition coefficient (Wildman–Crippen LogP) is 6.77. The summed E-state index contributed by atoms with van der Waals surface area (Å²) in [5.41, 5.74) is 7.15. The van der Waals surface area contributed by atoms with Crippen LogP contribution >= 0.6 is 0 Å². The Kier molecular flexibility index (Phi) is 6.06. The van der Waals surface area contributed by atoms with E-state index in [0.29, 0.717) is 17.7 Å². The number of carboxylic acids is 1. The number of hydrogen-bond donors (Lipinski definition) is 2. The Balaban J connectivity index is 1.51. The number of phenols is 1. The van der Waals surface area contributed by atoms with Crippen LogP contribution in [-0.2, 0) is 13.0 Å². The van der Waals surface area contributed by atoms with Crippen LogP contribution in [0.2, 0.25) is 0 Å². The molecule has 0 saturated carbocycles. The molecule has 5 rings (SSSR count). The zero-order valence-corrected chi connectivity index (χ0v) is 19.5. The summed E-state index contributed by atoms with van der Waals surface area (Å²) in [5, 5.41) is 19.2. The molecule has 0 saturated heterocycles. The molecule has 2 N–H and O–H groups in total. The summed E-state index contributed by atoms with van der Waals surface area (Å²) in [6.07, 6.45) is 1.88. The highest BCUT2D eigenvalue weighted by molar-refractivity contribution is 5.96. The van der Waals surface area contributed by atoms with Crippen molar-refractivity contribution >= 4 is 17.0 Å². The van der Waals surface area contributed by atoms with Gasteiger partial charge in [-0.05, 0) is 64.6 Å². The molecule has 0 amide bonds. The Bertz CT molecular complexity index is 1500. The number of aromatic nitrogens is 2. The average molecular weight is 463 g/mol. The molecule has 5 aromatic rings. The molecular formula is C30H26N2O3. The number of fused-ring (bicyclic) bond motifs is 1. The minimum atomic E-state index is -0.928. The number of benzene rings is 4. The Morgan fingerprint density at radius 3 is 2.26 bits per heavy atom. The third-order valence-corrected chi connectivity index (χ3v) is 6.26. The fourth-order valence-corrected chi connectivity index (χ4v) is 4.49. The van der Waals surface area contributed by atoms with Crippen LogP contribution < -0.4 is 0 Å². The number of aryl methyl sites for hydroxylation is 1. The summed E-state index contributed by atoms with van der Waals surface area (Å²) in [6, 6.07) is 28.7. The zero-order chi connectivity index (χ0) is 24.4. The van der Waals surface area contributed by atoms with Crippen LogP contribution in [0.5, 0.6) is 5.75 Å². The van der Waals surface area contributed by atoms with Gasteiger partial charge >= 0.3 is 5.97 Å². The number of carbonyl (C=O) groups is 1. The maximum absolute atomic E-state index is 11.6. The fourth-order valence-electron chi connectivity index (χ4n) is 4.49. The van der Waals surface area contributed by atoms with Gasteiger partial charge in [0.2, 0.25) is 0 Å². The summed E-state index contributed by atoms with van der Waals surface area (Å²) in [6.45, 7) is 2.83. The standard InChI is InChI=1S/C30H26N2O3/c1-2-5-29-31-27-17-14-23(21-12-15-24(33)16-13-21)18-28(27)32(29)19-20-8-10-22(11-9-20)25-6-3-4-7-26(25)30(34)35/h3-4,6-18,33H,2,5,19H2,1H3,(H,34,35). The smallest absolute Gasteiger partial charge is 0.336 e. The van der Waals surface area contributed by atoms with E-state index in [4.69, 9.17) is 4.98 Å². The van der Waals surface area contributed by atoms with Crippen molar-refractivity contribution in [3.8, 4) is 28.0 Å². The van der Waals surface area contributed by atoms with E-state index < -0.39 is 5.97 Å². The first-order valence-electron chi connectivity index (χ1n) is 11.7. The molecule has 1 aromatic heterocycles. The Hall–Kier alpha value is -4.38. The molecule has 5 heteroatoms. The molecule has 174 valence electrons. The molecule has 0 aliphatic heterocycles. The number of aromatic hydroxyl groups is 1. The molecule has 0 fully saturated rings. The molecule has 0 radical (unpaired) electrons. The van der Waals surface area contributed by atoms with E-state index in [1.807, 2.05) is 36.4 Å². The Morgan fingerprint density at radius 1 is 0.857 bits per heavy atom.